The predicted octanol–water partition coefficient (Wildman–Crippen LogP) is 4.30. The minimum atomic E-state index is -3.92. The Morgan fingerprint density at radius 2 is 1.83 bits per heavy atom. The van der Waals surface area contributed by atoms with Crippen molar-refractivity contribution in [1.82, 2.24) is 4.90 Å². The Morgan fingerprint density at radius 3 is 2.43 bits per heavy atom. The quantitative estimate of drug-likeness (QED) is 0.575. The average molecular weight is 495 g/mol. The molecule has 0 radical (unpaired) electrons. The number of likely N-dealkylation sites (tertiary alicyclic amines) is 1. The molecule has 1 heterocycles. The second kappa shape index (κ2) is 9.83. The van der Waals surface area contributed by atoms with Gasteiger partial charge >= 0.3 is 0 Å². The summed E-state index contributed by atoms with van der Waals surface area (Å²) in [6.45, 7) is 5.61. The third-order valence-electron chi connectivity index (χ3n) is 5.13. The first-order valence-corrected chi connectivity index (χ1v) is 12.3. The van der Waals surface area contributed by atoms with Crippen molar-refractivity contribution in [2.75, 3.05) is 30.5 Å². The number of halogens is 1. The normalized spacial score (nSPS) is 16.9. The summed E-state index contributed by atoms with van der Waals surface area (Å²) in [5.74, 6) is 0.888. The van der Waals surface area contributed by atoms with Gasteiger partial charge in [0.25, 0.3) is 10.0 Å². The molecule has 1 fully saturated rings. The summed E-state index contributed by atoms with van der Waals surface area (Å²) in [6, 6.07) is 13.2. The lowest BCUT2D eigenvalue weighted by Gasteiger charge is -2.33. The Labute approximate surface area is 187 Å². The van der Waals surface area contributed by atoms with E-state index in [0.717, 1.165) is 17.3 Å². The predicted molar refractivity (Wildman–Crippen MR) is 121 cm³/mol. The largest absolute Gasteiger partial charge is 0.494 e. The van der Waals surface area contributed by atoms with Crippen LogP contribution in [-0.2, 0) is 14.8 Å². The Hall–Kier alpha value is -2.06. The van der Waals surface area contributed by atoms with Gasteiger partial charge in [0.2, 0.25) is 5.91 Å². The van der Waals surface area contributed by atoms with Gasteiger partial charge < -0.3 is 9.64 Å². The van der Waals surface area contributed by atoms with Gasteiger partial charge in [0.1, 0.15) is 12.3 Å². The number of carbonyl (C=O) groups excluding carboxylic acids is 1. The molecule has 1 atom stereocenters. The van der Waals surface area contributed by atoms with Crippen molar-refractivity contribution in [3.05, 3.63) is 53.0 Å². The van der Waals surface area contributed by atoms with Gasteiger partial charge in [-0.3, -0.25) is 9.10 Å². The van der Waals surface area contributed by atoms with Gasteiger partial charge in [-0.05, 0) is 74.2 Å². The van der Waals surface area contributed by atoms with E-state index in [2.05, 4.69) is 22.9 Å². The van der Waals surface area contributed by atoms with Gasteiger partial charge in [0, 0.05) is 17.6 Å². The Morgan fingerprint density at radius 1 is 1.17 bits per heavy atom. The maximum Gasteiger partial charge on any atom is 0.264 e. The molecule has 0 aromatic heterocycles. The van der Waals surface area contributed by atoms with E-state index in [1.165, 1.54) is 16.4 Å². The lowest BCUT2D eigenvalue weighted by molar-refractivity contribution is -0.131. The first-order chi connectivity index (χ1) is 14.3. The third-order valence-corrected chi connectivity index (χ3v) is 7.44. The van der Waals surface area contributed by atoms with Gasteiger partial charge in [0.05, 0.1) is 17.2 Å². The zero-order valence-corrected chi connectivity index (χ0v) is 19.7. The van der Waals surface area contributed by atoms with Crippen molar-refractivity contribution >= 4 is 37.5 Å². The number of anilines is 1. The fraction of sp³-hybridized carbons (Fsp3) is 0.409. The summed E-state index contributed by atoms with van der Waals surface area (Å²) < 4.78 is 34.3. The molecule has 30 heavy (non-hydrogen) atoms. The van der Waals surface area contributed by atoms with E-state index in [-0.39, 0.29) is 17.3 Å². The number of piperidine rings is 1. The van der Waals surface area contributed by atoms with Crippen molar-refractivity contribution in [2.24, 2.45) is 5.92 Å². The molecule has 0 aliphatic carbocycles. The van der Waals surface area contributed by atoms with Crippen LogP contribution < -0.4 is 9.04 Å². The van der Waals surface area contributed by atoms with Crippen LogP contribution in [0.5, 0.6) is 5.75 Å². The number of hydrogen-bond acceptors (Lipinski definition) is 4. The van der Waals surface area contributed by atoms with Crippen LogP contribution in [0.1, 0.15) is 26.7 Å². The van der Waals surface area contributed by atoms with Gasteiger partial charge in [-0.25, -0.2) is 8.42 Å². The van der Waals surface area contributed by atoms with Crippen LogP contribution in [0, 0.1) is 5.92 Å². The molecular formula is C22H27BrN2O4S. The summed E-state index contributed by atoms with van der Waals surface area (Å²) in [5, 5.41) is 0. The van der Waals surface area contributed by atoms with E-state index >= 15 is 0 Å². The van der Waals surface area contributed by atoms with Gasteiger partial charge in [-0.15, -0.1) is 0 Å². The molecule has 1 aliphatic heterocycles. The SMILES string of the molecule is CCOc1ccc(N(CC(=O)N2CCC[C@@H](C)C2)S(=O)(=O)c2ccc(Br)cc2)cc1. The third kappa shape index (κ3) is 5.35. The summed E-state index contributed by atoms with van der Waals surface area (Å²) in [7, 11) is -3.92. The molecule has 6 nitrogen and oxygen atoms in total. The molecule has 0 bridgehead atoms. The zero-order chi connectivity index (χ0) is 21.7. The molecule has 0 unspecified atom stereocenters. The Bertz CT molecular complexity index is 962. The molecule has 1 aliphatic rings. The number of ether oxygens (including phenoxy) is 1. The zero-order valence-electron chi connectivity index (χ0n) is 17.3. The highest BCUT2D eigenvalue weighted by Crippen LogP contribution is 2.27. The lowest BCUT2D eigenvalue weighted by Crippen LogP contribution is -2.46. The van der Waals surface area contributed by atoms with Crippen molar-refractivity contribution in [3.63, 3.8) is 0 Å². The summed E-state index contributed by atoms with van der Waals surface area (Å²) in [6.07, 6.45) is 2.03. The van der Waals surface area contributed by atoms with E-state index in [4.69, 9.17) is 4.74 Å². The summed E-state index contributed by atoms with van der Waals surface area (Å²) in [5.41, 5.74) is 0.430. The van der Waals surface area contributed by atoms with Crippen LogP contribution in [0.2, 0.25) is 0 Å². The van der Waals surface area contributed by atoms with Crippen LogP contribution in [-0.4, -0.2) is 45.5 Å². The van der Waals surface area contributed by atoms with E-state index < -0.39 is 10.0 Å². The number of rotatable bonds is 7. The molecular weight excluding hydrogens is 468 g/mol. The number of sulfonamides is 1. The standard InChI is InChI=1S/C22H27BrN2O4S/c1-3-29-20-10-8-19(9-11-20)25(16-22(26)24-14-4-5-17(2)15-24)30(27,28)21-12-6-18(23)7-13-21/h6-13,17H,3-5,14-16H2,1-2H3/t17-/m1/s1. The fourth-order valence-electron chi connectivity index (χ4n) is 3.56. The second-order valence-electron chi connectivity index (χ2n) is 7.48. The molecule has 2 aromatic rings. The Kier molecular flexibility index (Phi) is 7.41. The van der Waals surface area contributed by atoms with Gasteiger partial charge in [-0.2, -0.15) is 0 Å². The topological polar surface area (TPSA) is 66.9 Å². The first kappa shape index (κ1) is 22.6. The molecule has 0 spiro atoms. The molecule has 1 amide bonds. The highest BCUT2D eigenvalue weighted by Gasteiger charge is 2.30. The monoisotopic (exact) mass is 494 g/mol. The minimum absolute atomic E-state index is 0.138. The van der Waals surface area contributed by atoms with Crippen LogP contribution in [0.4, 0.5) is 5.69 Å². The number of benzene rings is 2. The molecule has 162 valence electrons. The lowest BCUT2D eigenvalue weighted by atomic mass is 10.0. The Balaban J connectivity index is 1.93. The van der Waals surface area contributed by atoms with Gasteiger partial charge in [0.15, 0.2) is 0 Å². The smallest absolute Gasteiger partial charge is 0.264 e. The molecule has 2 aromatic carbocycles. The van der Waals surface area contributed by atoms with Crippen LogP contribution in [0.25, 0.3) is 0 Å². The van der Waals surface area contributed by atoms with Crippen molar-refractivity contribution in [1.29, 1.82) is 0 Å². The number of carbonyl (C=O) groups is 1. The summed E-state index contributed by atoms with van der Waals surface area (Å²) >= 11 is 3.33. The van der Waals surface area contributed by atoms with Crippen molar-refractivity contribution < 1.29 is 17.9 Å². The average Bonchev–Trinajstić information content (AvgIpc) is 2.73. The second-order valence-corrected chi connectivity index (χ2v) is 10.3. The number of nitrogens with zero attached hydrogens (tertiary/aromatic N) is 2. The minimum Gasteiger partial charge on any atom is -0.494 e. The summed E-state index contributed by atoms with van der Waals surface area (Å²) in [4.78, 5) is 14.9. The highest BCUT2D eigenvalue weighted by atomic mass is 79.9. The van der Waals surface area contributed by atoms with Crippen molar-refractivity contribution in [2.45, 2.75) is 31.6 Å². The fourth-order valence-corrected chi connectivity index (χ4v) is 5.24. The number of hydrogen-bond donors (Lipinski definition) is 0. The first-order valence-electron chi connectivity index (χ1n) is 10.1. The molecule has 3 rings (SSSR count). The molecule has 0 saturated carbocycles. The van der Waals surface area contributed by atoms with Crippen LogP contribution >= 0.6 is 15.9 Å². The maximum atomic E-state index is 13.4. The number of amides is 1. The van der Waals surface area contributed by atoms with Crippen LogP contribution in [0.15, 0.2) is 57.9 Å². The van der Waals surface area contributed by atoms with E-state index in [0.29, 0.717) is 37.1 Å². The van der Waals surface area contributed by atoms with E-state index in [1.807, 2.05) is 6.92 Å². The maximum absolute atomic E-state index is 13.4. The molecule has 0 N–H and O–H groups in total. The highest BCUT2D eigenvalue weighted by molar-refractivity contribution is 9.10. The van der Waals surface area contributed by atoms with Crippen LogP contribution in [0.3, 0.4) is 0 Å². The van der Waals surface area contributed by atoms with E-state index in [1.54, 1.807) is 41.3 Å². The van der Waals surface area contributed by atoms with Gasteiger partial charge in [-0.1, -0.05) is 22.9 Å². The molecule has 1 saturated heterocycles. The van der Waals surface area contributed by atoms with Crippen molar-refractivity contribution in [3.8, 4) is 5.75 Å². The van der Waals surface area contributed by atoms with E-state index in [9.17, 15) is 13.2 Å². The molecule has 8 heteroatoms.